The second-order valence-corrected chi connectivity index (χ2v) is 4.53. The van der Waals surface area contributed by atoms with E-state index in [1.54, 1.807) is 4.90 Å². The highest BCUT2D eigenvalue weighted by molar-refractivity contribution is 5.37. The number of benzene rings is 1. The molecule has 8 heteroatoms. The summed E-state index contributed by atoms with van der Waals surface area (Å²) in [6.07, 6.45) is -2.70. The second-order valence-electron chi connectivity index (χ2n) is 4.53. The van der Waals surface area contributed by atoms with Crippen molar-refractivity contribution in [3.63, 3.8) is 0 Å². The Hall–Kier alpha value is -1.67. The van der Waals surface area contributed by atoms with Gasteiger partial charge in [0.25, 0.3) is 6.43 Å². The third-order valence-electron chi connectivity index (χ3n) is 3.29. The molecule has 1 aliphatic rings. The average molecular weight is 289 g/mol. The fourth-order valence-corrected chi connectivity index (χ4v) is 2.33. The molecule has 1 saturated heterocycles. The van der Waals surface area contributed by atoms with Gasteiger partial charge in [-0.05, 0) is 11.6 Å². The van der Waals surface area contributed by atoms with Gasteiger partial charge in [-0.1, -0.05) is 6.07 Å². The molecule has 1 heterocycles. The SMILES string of the molecule is O=[N+]([O-])c1cc([C@H](C(F)F)N2CCNCC2)ccc1F. The number of nitro groups is 1. The zero-order chi connectivity index (χ0) is 14.7. The van der Waals surface area contributed by atoms with E-state index in [1.807, 2.05) is 0 Å². The van der Waals surface area contributed by atoms with E-state index in [0.29, 0.717) is 26.2 Å². The number of nitrogens with zero attached hydrogens (tertiary/aromatic N) is 2. The zero-order valence-electron chi connectivity index (χ0n) is 10.6. The number of rotatable bonds is 4. The van der Waals surface area contributed by atoms with Gasteiger partial charge in [0.1, 0.15) is 0 Å². The van der Waals surface area contributed by atoms with E-state index in [1.165, 1.54) is 6.07 Å². The summed E-state index contributed by atoms with van der Waals surface area (Å²) in [7, 11) is 0. The quantitative estimate of drug-likeness (QED) is 0.680. The van der Waals surface area contributed by atoms with Gasteiger partial charge in [0, 0.05) is 32.2 Å². The summed E-state index contributed by atoms with van der Waals surface area (Å²) in [6.45, 7) is 1.99. The molecule has 1 aromatic carbocycles. The minimum absolute atomic E-state index is 0.0648. The topological polar surface area (TPSA) is 58.4 Å². The van der Waals surface area contributed by atoms with E-state index in [9.17, 15) is 23.3 Å². The van der Waals surface area contributed by atoms with Crippen molar-refractivity contribution in [1.29, 1.82) is 0 Å². The van der Waals surface area contributed by atoms with Crippen LogP contribution in [0, 0.1) is 15.9 Å². The van der Waals surface area contributed by atoms with Crippen LogP contribution < -0.4 is 5.32 Å². The van der Waals surface area contributed by atoms with E-state index in [0.717, 1.165) is 12.1 Å². The molecule has 20 heavy (non-hydrogen) atoms. The van der Waals surface area contributed by atoms with Crippen LogP contribution in [0.5, 0.6) is 0 Å². The minimum Gasteiger partial charge on any atom is -0.314 e. The van der Waals surface area contributed by atoms with E-state index in [2.05, 4.69) is 5.32 Å². The molecule has 0 bridgehead atoms. The number of hydrogen-bond donors (Lipinski definition) is 1. The summed E-state index contributed by atoms with van der Waals surface area (Å²) in [6, 6.07) is 1.69. The van der Waals surface area contributed by atoms with E-state index in [4.69, 9.17) is 0 Å². The molecule has 1 atom stereocenters. The van der Waals surface area contributed by atoms with Crippen molar-refractivity contribution in [3.8, 4) is 0 Å². The van der Waals surface area contributed by atoms with Gasteiger partial charge in [0.15, 0.2) is 0 Å². The van der Waals surface area contributed by atoms with Crippen LogP contribution in [0.1, 0.15) is 11.6 Å². The molecule has 2 rings (SSSR count). The first-order chi connectivity index (χ1) is 9.50. The summed E-state index contributed by atoms with van der Waals surface area (Å²) < 4.78 is 39.8. The highest BCUT2D eigenvalue weighted by Crippen LogP contribution is 2.31. The maximum Gasteiger partial charge on any atom is 0.305 e. The largest absolute Gasteiger partial charge is 0.314 e. The van der Waals surface area contributed by atoms with Crippen molar-refractivity contribution in [1.82, 2.24) is 10.2 Å². The maximum atomic E-state index is 13.3. The average Bonchev–Trinajstić information content (AvgIpc) is 2.41. The Morgan fingerprint density at radius 1 is 1.30 bits per heavy atom. The van der Waals surface area contributed by atoms with Gasteiger partial charge in [-0.2, -0.15) is 4.39 Å². The van der Waals surface area contributed by atoms with Crippen LogP contribution in [-0.4, -0.2) is 42.4 Å². The second kappa shape index (κ2) is 6.19. The van der Waals surface area contributed by atoms with Crippen LogP contribution in [0.15, 0.2) is 18.2 Å². The Morgan fingerprint density at radius 3 is 2.50 bits per heavy atom. The molecule has 0 radical (unpaired) electrons. The number of piperazine rings is 1. The lowest BCUT2D eigenvalue weighted by atomic mass is 10.0. The maximum absolute atomic E-state index is 13.3. The molecule has 0 saturated carbocycles. The Balaban J connectivity index is 2.33. The number of nitro benzene ring substituents is 1. The summed E-state index contributed by atoms with van der Waals surface area (Å²) in [5, 5.41) is 13.7. The predicted molar refractivity (Wildman–Crippen MR) is 66.2 cm³/mol. The van der Waals surface area contributed by atoms with Gasteiger partial charge in [0.2, 0.25) is 5.82 Å². The van der Waals surface area contributed by atoms with Gasteiger partial charge in [-0.15, -0.1) is 0 Å². The third kappa shape index (κ3) is 3.07. The van der Waals surface area contributed by atoms with Gasteiger partial charge in [-0.3, -0.25) is 15.0 Å². The molecule has 1 aliphatic heterocycles. The fourth-order valence-electron chi connectivity index (χ4n) is 2.33. The molecule has 0 unspecified atom stereocenters. The fraction of sp³-hybridized carbons (Fsp3) is 0.500. The van der Waals surface area contributed by atoms with Crippen molar-refractivity contribution in [2.45, 2.75) is 12.5 Å². The van der Waals surface area contributed by atoms with Crippen LogP contribution in [0.4, 0.5) is 18.9 Å². The summed E-state index contributed by atoms with van der Waals surface area (Å²) in [4.78, 5) is 11.3. The van der Waals surface area contributed by atoms with Crippen LogP contribution in [-0.2, 0) is 0 Å². The van der Waals surface area contributed by atoms with Crippen molar-refractivity contribution in [3.05, 3.63) is 39.7 Å². The standard InChI is InChI=1S/C12H14F3N3O2/c13-9-2-1-8(7-10(9)18(19)20)11(12(14)15)17-5-3-16-4-6-17/h1-2,7,11-12,16H,3-6H2/t11-/m1/s1. The lowest BCUT2D eigenvalue weighted by Crippen LogP contribution is -2.46. The van der Waals surface area contributed by atoms with Crippen LogP contribution in [0.3, 0.4) is 0 Å². The molecule has 0 aliphatic carbocycles. The first kappa shape index (κ1) is 14.7. The monoisotopic (exact) mass is 289 g/mol. The van der Waals surface area contributed by atoms with Gasteiger partial charge >= 0.3 is 5.69 Å². The summed E-state index contributed by atoms with van der Waals surface area (Å²) in [5.41, 5.74) is -0.710. The van der Waals surface area contributed by atoms with Crippen molar-refractivity contribution < 1.29 is 18.1 Å². The van der Waals surface area contributed by atoms with Crippen molar-refractivity contribution in [2.75, 3.05) is 26.2 Å². The molecule has 1 aromatic rings. The first-order valence-corrected chi connectivity index (χ1v) is 6.17. The van der Waals surface area contributed by atoms with E-state index < -0.39 is 28.9 Å². The molecular formula is C12H14F3N3O2. The van der Waals surface area contributed by atoms with Gasteiger partial charge < -0.3 is 5.32 Å². The zero-order valence-corrected chi connectivity index (χ0v) is 10.6. The Bertz CT molecular complexity index is 493. The highest BCUT2D eigenvalue weighted by atomic mass is 19.3. The van der Waals surface area contributed by atoms with Crippen molar-refractivity contribution >= 4 is 5.69 Å². The third-order valence-corrected chi connectivity index (χ3v) is 3.29. The number of hydrogen-bond acceptors (Lipinski definition) is 4. The molecule has 110 valence electrons. The Morgan fingerprint density at radius 2 is 1.95 bits per heavy atom. The first-order valence-electron chi connectivity index (χ1n) is 6.17. The normalized spacial score (nSPS) is 18.2. The molecule has 1 fully saturated rings. The Kier molecular flexibility index (Phi) is 4.56. The van der Waals surface area contributed by atoms with Crippen LogP contribution >= 0.6 is 0 Å². The van der Waals surface area contributed by atoms with Crippen LogP contribution in [0.2, 0.25) is 0 Å². The van der Waals surface area contributed by atoms with Crippen LogP contribution in [0.25, 0.3) is 0 Å². The Labute approximate surface area is 113 Å². The number of halogens is 3. The summed E-state index contributed by atoms with van der Waals surface area (Å²) in [5.74, 6) is -1.02. The predicted octanol–water partition coefficient (Wildman–Crippen LogP) is 1.95. The molecule has 0 amide bonds. The minimum atomic E-state index is -2.70. The number of nitrogens with one attached hydrogen (secondary N) is 1. The summed E-state index contributed by atoms with van der Waals surface area (Å²) >= 11 is 0. The lowest BCUT2D eigenvalue weighted by Gasteiger charge is -2.34. The van der Waals surface area contributed by atoms with Gasteiger partial charge in [0.05, 0.1) is 11.0 Å². The molecule has 1 N–H and O–H groups in total. The van der Waals surface area contributed by atoms with E-state index in [-0.39, 0.29) is 5.56 Å². The molecule has 0 spiro atoms. The lowest BCUT2D eigenvalue weighted by molar-refractivity contribution is -0.387. The van der Waals surface area contributed by atoms with Crippen molar-refractivity contribution in [2.24, 2.45) is 0 Å². The highest BCUT2D eigenvalue weighted by Gasteiger charge is 2.31. The molecule has 5 nitrogen and oxygen atoms in total. The van der Waals surface area contributed by atoms with Gasteiger partial charge in [-0.25, -0.2) is 8.78 Å². The smallest absolute Gasteiger partial charge is 0.305 e. The molecular weight excluding hydrogens is 275 g/mol. The molecule has 0 aromatic heterocycles. The van der Waals surface area contributed by atoms with E-state index >= 15 is 0 Å². The number of alkyl halides is 2.